The molecule has 2 amide bonds. The smallest absolute Gasteiger partial charge is 0.225 e. The van der Waals surface area contributed by atoms with Crippen molar-refractivity contribution in [3.05, 3.63) is 0 Å². The Bertz CT molecular complexity index is 422. The summed E-state index contributed by atoms with van der Waals surface area (Å²) < 4.78 is 0. The number of hydrogen-bond donors (Lipinski definition) is 1. The average molecular weight is 307 g/mol. The molecular weight excluding hydrogens is 278 g/mol. The average Bonchev–Trinajstić information content (AvgIpc) is 3.39. The van der Waals surface area contributed by atoms with E-state index in [2.05, 4.69) is 17.1 Å². The first-order valence-electron chi connectivity index (χ1n) is 8.99. The van der Waals surface area contributed by atoms with Gasteiger partial charge in [0.15, 0.2) is 0 Å². The second-order valence-corrected chi connectivity index (χ2v) is 7.14. The fourth-order valence-electron chi connectivity index (χ4n) is 3.76. The Balaban J connectivity index is 1.49. The molecule has 0 aromatic carbocycles. The van der Waals surface area contributed by atoms with Gasteiger partial charge in [-0.1, -0.05) is 6.92 Å². The van der Waals surface area contributed by atoms with E-state index in [1.807, 2.05) is 4.90 Å². The zero-order chi connectivity index (χ0) is 15.5. The molecule has 0 aromatic rings. The van der Waals surface area contributed by atoms with Crippen molar-refractivity contribution in [2.75, 3.05) is 32.7 Å². The van der Waals surface area contributed by atoms with Gasteiger partial charge in [0.25, 0.3) is 0 Å². The first-order valence-corrected chi connectivity index (χ1v) is 8.99. The Hall–Kier alpha value is -1.10. The van der Waals surface area contributed by atoms with Gasteiger partial charge in [0.2, 0.25) is 11.8 Å². The fraction of sp³-hybridized carbons (Fsp3) is 0.882. The van der Waals surface area contributed by atoms with Crippen LogP contribution in [0.5, 0.6) is 0 Å². The van der Waals surface area contributed by atoms with E-state index in [4.69, 9.17) is 0 Å². The SMILES string of the molecule is CCN1CCC[C@@H](NC(=O)[C@H]2CCCN(C(=O)C3CC3)C2)C1. The predicted molar refractivity (Wildman–Crippen MR) is 85.3 cm³/mol. The predicted octanol–water partition coefficient (Wildman–Crippen LogP) is 1.24. The summed E-state index contributed by atoms with van der Waals surface area (Å²) in [6.07, 6.45) is 6.21. The molecule has 2 heterocycles. The van der Waals surface area contributed by atoms with Crippen molar-refractivity contribution in [3.8, 4) is 0 Å². The lowest BCUT2D eigenvalue weighted by atomic mass is 9.95. The molecule has 3 fully saturated rings. The number of amides is 2. The quantitative estimate of drug-likeness (QED) is 0.850. The maximum atomic E-state index is 12.5. The van der Waals surface area contributed by atoms with Gasteiger partial charge in [0, 0.05) is 31.6 Å². The molecular formula is C17H29N3O2. The second kappa shape index (κ2) is 6.99. The van der Waals surface area contributed by atoms with Gasteiger partial charge in [0.1, 0.15) is 0 Å². The highest BCUT2D eigenvalue weighted by molar-refractivity contribution is 5.83. The van der Waals surface area contributed by atoms with Crippen molar-refractivity contribution < 1.29 is 9.59 Å². The highest BCUT2D eigenvalue weighted by Crippen LogP contribution is 2.32. The van der Waals surface area contributed by atoms with Crippen LogP contribution in [0.4, 0.5) is 0 Å². The summed E-state index contributed by atoms with van der Waals surface area (Å²) in [5.41, 5.74) is 0. The van der Waals surface area contributed by atoms with Crippen LogP contribution in [-0.2, 0) is 9.59 Å². The van der Waals surface area contributed by atoms with Gasteiger partial charge in [-0.2, -0.15) is 0 Å². The van der Waals surface area contributed by atoms with E-state index in [0.29, 0.717) is 6.54 Å². The molecule has 124 valence electrons. The van der Waals surface area contributed by atoms with Crippen molar-refractivity contribution in [1.29, 1.82) is 0 Å². The number of nitrogens with one attached hydrogen (secondary N) is 1. The highest BCUT2D eigenvalue weighted by Gasteiger charge is 2.37. The van der Waals surface area contributed by atoms with E-state index in [1.165, 1.54) is 0 Å². The molecule has 5 nitrogen and oxygen atoms in total. The Morgan fingerprint density at radius 3 is 2.50 bits per heavy atom. The standard InChI is InChI=1S/C17H29N3O2/c1-2-19-9-4-6-15(12-19)18-16(21)14-5-3-10-20(11-14)17(22)13-7-8-13/h13-15H,2-12H2,1H3,(H,18,21)/t14-,15+/m0/s1. The summed E-state index contributed by atoms with van der Waals surface area (Å²) in [5.74, 6) is 0.704. The molecule has 0 unspecified atom stereocenters. The minimum Gasteiger partial charge on any atom is -0.352 e. The zero-order valence-electron chi connectivity index (χ0n) is 13.7. The molecule has 1 aliphatic carbocycles. The molecule has 0 spiro atoms. The lowest BCUT2D eigenvalue weighted by Gasteiger charge is -2.35. The molecule has 3 rings (SSSR count). The van der Waals surface area contributed by atoms with Crippen molar-refractivity contribution in [2.24, 2.45) is 11.8 Å². The molecule has 3 aliphatic rings. The van der Waals surface area contributed by atoms with Crippen LogP contribution in [0.3, 0.4) is 0 Å². The lowest BCUT2D eigenvalue weighted by molar-refractivity contribution is -0.137. The number of likely N-dealkylation sites (tertiary alicyclic amines) is 2. The van der Waals surface area contributed by atoms with Gasteiger partial charge in [0.05, 0.1) is 5.92 Å². The summed E-state index contributed by atoms with van der Waals surface area (Å²) >= 11 is 0. The number of rotatable bonds is 4. The summed E-state index contributed by atoms with van der Waals surface area (Å²) in [5, 5.41) is 3.24. The second-order valence-electron chi connectivity index (χ2n) is 7.14. The van der Waals surface area contributed by atoms with Gasteiger partial charge in [-0.05, 0) is 51.6 Å². The van der Waals surface area contributed by atoms with Crippen LogP contribution in [0.1, 0.15) is 45.4 Å². The van der Waals surface area contributed by atoms with E-state index in [-0.39, 0.29) is 29.7 Å². The Morgan fingerprint density at radius 2 is 1.77 bits per heavy atom. The van der Waals surface area contributed by atoms with Crippen molar-refractivity contribution in [1.82, 2.24) is 15.1 Å². The lowest BCUT2D eigenvalue weighted by Crippen LogP contribution is -2.52. The van der Waals surface area contributed by atoms with Crippen LogP contribution in [0.25, 0.3) is 0 Å². The van der Waals surface area contributed by atoms with Crippen molar-refractivity contribution >= 4 is 11.8 Å². The number of nitrogens with zero attached hydrogens (tertiary/aromatic N) is 2. The molecule has 0 bridgehead atoms. The minimum absolute atomic E-state index is 0.00606. The maximum absolute atomic E-state index is 12.5. The topological polar surface area (TPSA) is 52.7 Å². The van der Waals surface area contributed by atoms with Gasteiger partial charge in [-0.3, -0.25) is 9.59 Å². The minimum atomic E-state index is -0.00606. The molecule has 5 heteroatoms. The Morgan fingerprint density at radius 1 is 1.00 bits per heavy atom. The highest BCUT2D eigenvalue weighted by atomic mass is 16.2. The molecule has 1 saturated carbocycles. The van der Waals surface area contributed by atoms with Crippen LogP contribution >= 0.6 is 0 Å². The van der Waals surface area contributed by atoms with Gasteiger partial charge < -0.3 is 15.1 Å². The Kier molecular flexibility index (Phi) is 5.01. The molecule has 0 radical (unpaired) electrons. The van der Waals surface area contributed by atoms with Gasteiger partial charge >= 0.3 is 0 Å². The number of carbonyl (C=O) groups is 2. The first-order chi connectivity index (χ1) is 10.7. The molecule has 22 heavy (non-hydrogen) atoms. The van der Waals surface area contributed by atoms with Crippen LogP contribution < -0.4 is 5.32 Å². The van der Waals surface area contributed by atoms with E-state index in [0.717, 1.165) is 64.7 Å². The third-order valence-electron chi connectivity index (χ3n) is 5.33. The summed E-state index contributed by atoms with van der Waals surface area (Å²) in [6, 6.07) is 0.288. The number of hydrogen-bond acceptors (Lipinski definition) is 3. The van der Waals surface area contributed by atoms with E-state index < -0.39 is 0 Å². The van der Waals surface area contributed by atoms with E-state index in [1.54, 1.807) is 0 Å². The fourth-order valence-corrected chi connectivity index (χ4v) is 3.76. The van der Waals surface area contributed by atoms with Crippen LogP contribution in [0, 0.1) is 11.8 Å². The van der Waals surface area contributed by atoms with Crippen LogP contribution in [0.15, 0.2) is 0 Å². The molecule has 2 saturated heterocycles. The van der Waals surface area contributed by atoms with E-state index in [9.17, 15) is 9.59 Å². The van der Waals surface area contributed by atoms with Gasteiger partial charge in [-0.15, -0.1) is 0 Å². The summed E-state index contributed by atoms with van der Waals surface area (Å²) in [6.45, 7) is 6.82. The molecule has 2 aliphatic heterocycles. The normalized spacial score (nSPS) is 30.1. The number of carbonyl (C=O) groups excluding carboxylic acids is 2. The van der Waals surface area contributed by atoms with Crippen molar-refractivity contribution in [3.63, 3.8) is 0 Å². The monoisotopic (exact) mass is 307 g/mol. The largest absolute Gasteiger partial charge is 0.352 e. The first kappa shape index (κ1) is 15.8. The van der Waals surface area contributed by atoms with Crippen molar-refractivity contribution in [2.45, 2.75) is 51.5 Å². The summed E-state index contributed by atoms with van der Waals surface area (Å²) in [7, 11) is 0. The number of piperidine rings is 2. The third-order valence-corrected chi connectivity index (χ3v) is 5.33. The van der Waals surface area contributed by atoms with E-state index >= 15 is 0 Å². The zero-order valence-corrected chi connectivity index (χ0v) is 13.7. The van der Waals surface area contributed by atoms with Crippen LogP contribution in [-0.4, -0.2) is 60.4 Å². The molecule has 0 aromatic heterocycles. The maximum Gasteiger partial charge on any atom is 0.225 e. The number of likely N-dealkylation sites (N-methyl/N-ethyl adjacent to an activating group) is 1. The third kappa shape index (κ3) is 3.80. The van der Waals surface area contributed by atoms with Gasteiger partial charge in [-0.25, -0.2) is 0 Å². The summed E-state index contributed by atoms with van der Waals surface area (Å²) in [4.78, 5) is 29.1. The molecule has 1 N–H and O–H groups in total. The Labute approximate surface area is 133 Å². The van der Waals surface area contributed by atoms with Crippen LogP contribution in [0.2, 0.25) is 0 Å². The molecule has 2 atom stereocenters.